The number of hydrogen-bond acceptors (Lipinski definition) is 3. The molecule has 0 radical (unpaired) electrons. The highest BCUT2D eigenvalue weighted by Gasteiger charge is 2.16. The second-order valence-corrected chi connectivity index (χ2v) is 3.11. The normalized spacial score (nSPS) is 10.9. The average Bonchev–Trinajstić information content (AvgIpc) is 2.68. The molecule has 3 nitrogen and oxygen atoms in total. The minimum Gasteiger partial charge on any atom is -0.415 e. The molecule has 0 saturated heterocycles. The molecule has 78 valence electrons. The monoisotopic (exact) mass is 210 g/mol. The summed E-state index contributed by atoms with van der Waals surface area (Å²) in [5.41, 5.74) is 1.72. The average molecular weight is 210 g/mol. The fourth-order valence-corrected chi connectivity index (χ4v) is 1.14. The van der Waals surface area contributed by atoms with Crippen molar-refractivity contribution in [2.75, 3.05) is 0 Å². The molecule has 0 unspecified atom stereocenters. The van der Waals surface area contributed by atoms with Gasteiger partial charge in [-0.05, 0) is 19.1 Å². The number of benzene rings is 1. The minimum atomic E-state index is -2.73. The summed E-state index contributed by atoms with van der Waals surface area (Å²) in [6.45, 7) is 1.93. The topological polar surface area (TPSA) is 38.9 Å². The number of hydrogen-bond donors (Lipinski definition) is 0. The van der Waals surface area contributed by atoms with E-state index in [1.165, 1.54) is 0 Å². The van der Waals surface area contributed by atoms with Gasteiger partial charge < -0.3 is 4.42 Å². The van der Waals surface area contributed by atoms with Gasteiger partial charge in [-0.2, -0.15) is 8.78 Å². The summed E-state index contributed by atoms with van der Waals surface area (Å²) in [5.74, 6) is -0.532. The molecule has 5 heteroatoms. The Balaban J connectivity index is 2.33. The van der Waals surface area contributed by atoms with Gasteiger partial charge in [0.05, 0.1) is 0 Å². The predicted octanol–water partition coefficient (Wildman–Crippen LogP) is 2.98. The van der Waals surface area contributed by atoms with Crippen molar-refractivity contribution in [3.63, 3.8) is 0 Å². The van der Waals surface area contributed by atoms with Crippen LogP contribution < -0.4 is 0 Å². The van der Waals surface area contributed by atoms with Crippen LogP contribution in [0, 0.1) is 6.92 Å². The number of aryl methyl sites for hydroxylation is 1. The highest BCUT2D eigenvalue weighted by molar-refractivity contribution is 5.52. The van der Waals surface area contributed by atoms with Gasteiger partial charge in [0.2, 0.25) is 5.89 Å². The van der Waals surface area contributed by atoms with Crippen molar-refractivity contribution in [2.24, 2.45) is 0 Å². The molecule has 0 aliphatic rings. The summed E-state index contributed by atoms with van der Waals surface area (Å²) < 4.78 is 29.1. The largest absolute Gasteiger partial charge is 0.415 e. The fraction of sp³-hybridized carbons (Fsp3) is 0.200. The van der Waals surface area contributed by atoms with Crippen molar-refractivity contribution in [3.05, 3.63) is 35.7 Å². The van der Waals surface area contributed by atoms with Crippen molar-refractivity contribution in [1.29, 1.82) is 0 Å². The molecule has 0 saturated carbocycles. The second-order valence-electron chi connectivity index (χ2n) is 3.11. The van der Waals surface area contributed by atoms with E-state index in [4.69, 9.17) is 4.42 Å². The highest BCUT2D eigenvalue weighted by atomic mass is 19.3. The molecule has 0 N–H and O–H groups in total. The quantitative estimate of drug-likeness (QED) is 0.764. The SMILES string of the molecule is Cc1ccc(-c2nnc(C(F)F)o2)cc1. The van der Waals surface area contributed by atoms with Crippen molar-refractivity contribution >= 4 is 0 Å². The van der Waals surface area contributed by atoms with Crippen LogP contribution in [0.15, 0.2) is 28.7 Å². The number of rotatable bonds is 2. The smallest absolute Gasteiger partial charge is 0.314 e. The van der Waals surface area contributed by atoms with Gasteiger partial charge in [0, 0.05) is 5.56 Å². The van der Waals surface area contributed by atoms with Crippen LogP contribution in [0.5, 0.6) is 0 Å². The zero-order valence-corrected chi connectivity index (χ0v) is 7.95. The van der Waals surface area contributed by atoms with Crippen LogP contribution in [0.4, 0.5) is 8.78 Å². The lowest BCUT2D eigenvalue weighted by Crippen LogP contribution is -1.81. The van der Waals surface area contributed by atoms with Crippen LogP contribution in [0.1, 0.15) is 17.9 Å². The third-order valence-electron chi connectivity index (χ3n) is 1.93. The molecule has 2 aromatic rings. The van der Waals surface area contributed by atoms with Crippen LogP contribution >= 0.6 is 0 Å². The molecule has 0 aliphatic heterocycles. The zero-order valence-electron chi connectivity index (χ0n) is 7.95. The van der Waals surface area contributed by atoms with E-state index in [9.17, 15) is 8.78 Å². The lowest BCUT2D eigenvalue weighted by molar-refractivity contribution is 0.116. The Bertz CT molecular complexity index is 451. The van der Waals surface area contributed by atoms with E-state index in [0.717, 1.165) is 5.56 Å². The van der Waals surface area contributed by atoms with Crippen LogP contribution in [0.2, 0.25) is 0 Å². The Morgan fingerprint density at radius 2 is 1.80 bits per heavy atom. The molecule has 2 rings (SSSR count). The summed E-state index contributed by atoms with van der Waals surface area (Å²) in [5, 5.41) is 6.79. The summed E-state index contributed by atoms with van der Waals surface area (Å²) in [7, 11) is 0. The molecule has 0 bridgehead atoms. The maximum atomic E-state index is 12.2. The van der Waals surface area contributed by atoms with Gasteiger partial charge in [0.1, 0.15) is 0 Å². The molecular weight excluding hydrogens is 202 g/mol. The van der Waals surface area contributed by atoms with Crippen molar-refractivity contribution < 1.29 is 13.2 Å². The molecule has 0 amide bonds. The fourth-order valence-electron chi connectivity index (χ4n) is 1.14. The first-order chi connectivity index (χ1) is 7.16. The predicted molar refractivity (Wildman–Crippen MR) is 49.4 cm³/mol. The summed E-state index contributed by atoms with van der Waals surface area (Å²) >= 11 is 0. The Kier molecular flexibility index (Phi) is 2.45. The van der Waals surface area contributed by atoms with E-state index in [0.29, 0.717) is 5.56 Å². The van der Waals surface area contributed by atoms with Crippen molar-refractivity contribution in [3.8, 4) is 11.5 Å². The molecule has 1 heterocycles. The molecule has 0 spiro atoms. The van der Waals surface area contributed by atoms with E-state index in [2.05, 4.69) is 10.2 Å². The van der Waals surface area contributed by atoms with Gasteiger partial charge in [-0.25, -0.2) is 0 Å². The molecule has 1 aromatic carbocycles. The van der Waals surface area contributed by atoms with E-state index < -0.39 is 12.3 Å². The second kappa shape index (κ2) is 3.76. The first-order valence-electron chi connectivity index (χ1n) is 4.35. The third-order valence-corrected chi connectivity index (χ3v) is 1.93. The van der Waals surface area contributed by atoms with Gasteiger partial charge in [-0.3, -0.25) is 0 Å². The van der Waals surface area contributed by atoms with Gasteiger partial charge >= 0.3 is 6.43 Å². The number of alkyl halides is 2. The molecule has 0 atom stereocenters. The maximum Gasteiger partial charge on any atom is 0.314 e. The number of halogens is 2. The number of nitrogens with zero attached hydrogens (tertiary/aromatic N) is 2. The van der Waals surface area contributed by atoms with Gasteiger partial charge in [-0.1, -0.05) is 17.7 Å². The molecule has 15 heavy (non-hydrogen) atoms. The summed E-state index contributed by atoms with van der Waals surface area (Å²) in [6.07, 6.45) is -2.73. The van der Waals surface area contributed by atoms with Crippen LogP contribution in [-0.4, -0.2) is 10.2 Å². The minimum absolute atomic E-state index is 0.116. The van der Waals surface area contributed by atoms with Crippen LogP contribution in [0.25, 0.3) is 11.5 Å². The third kappa shape index (κ3) is 2.01. The van der Waals surface area contributed by atoms with E-state index in [-0.39, 0.29) is 5.89 Å². The van der Waals surface area contributed by atoms with Crippen molar-refractivity contribution in [2.45, 2.75) is 13.3 Å². The lowest BCUT2D eigenvalue weighted by atomic mass is 10.1. The van der Waals surface area contributed by atoms with Gasteiger partial charge in [0.25, 0.3) is 5.89 Å². The maximum absolute atomic E-state index is 12.2. The van der Waals surface area contributed by atoms with E-state index in [1.807, 2.05) is 19.1 Å². The van der Waals surface area contributed by atoms with Crippen LogP contribution in [0.3, 0.4) is 0 Å². The van der Waals surface area contributed by atoms with E-state index in [1.54, 1.807) is 12.1 Å². The van der Waals surface area contributed by atoms with Crippen molar-refractivity contribution in [1.82, 2.24) is 10.2 Å². The number of aromatic nitrogens is 2. The Morgan fingerprint density at radius 1 is 1.13 bits per heavy atom. The molecule has 0 aliphatic carbocycles. The molecular formula is C10H8F2N2O. The lowest BCUT2D eigenvalue weighted by Gasteiger charge is -1.95. The molecule has 0 fully saturated rings. The van der Waals surface area contributed by atoms with E-state index >= 15 is 0 Å². The highest BCUT2D eigenvalue weighted by Crippen LogP contribution is 2.23. The molecule has 1 aromatic heterocycles. The summed E-state index contributed by atoms with van der Waals surface area (Å²) in [4.78, 5) is 0. The Labute approximate surface area is 84.8 Å². The first-order valence-corrected chi connectivity index (χ1v) is 4.35. The van der Waals surface area contributed by atoms with Gasteiger partial charge in [-0.15, -0.1) is 10.2 Å². The first kappa shape index (κ1) is 9.76. The Morgan fingerprint density at radius 3 is 2.33 bits per heavy atom. The standard InChI is InChI=1S/C10H8F2N2O/c1-6-2-4-7(5-3-6)9-13-14-10(15-9)8(11)12/h2-5,8H,1H3. The summed E-state index contributed by atoms with van der Waals surface area (Å²) in [6, 6.07) is 7.19. The zero-order chi connectivity index (χ0) is 10.8. The Hall–Kier alpha value is -1.78. The van der Waals surface area contributed by atoms with Crippen LogP contribution in [-0.2, 0) is 0 Å². The van der Waals surface area contributed by atoms with Gasteiger partial charge in [0.15, 0.2) is 0 Å².